The number of hydrogen-bond donors (Lipinski definition) is 2. The zero-order valence-electron chi connectivity index (χ0n) is 11.5. The Morgan fingerprint density at radius 3 is 1.46 bits per heavy atom. The Bertz CT molecular complexity index is 582. The topological polar surface area (TPSA) is 97.5 Å². The number of hydrogen-bond acceptors (Lipinski definition) is 3. The summed E-state index contributed by atoms with van der Waals surface area (Å²) in [6.45, 7) is 5.03. The minimum atomic E-state index is -7.27. The number of sulfonamides is 1. The lowest BCUT2D eigenvalue weighted by Gasteiger charge is -2.32. The van der Waals surface area contributed by atoms with Gasteiger partial charge in [-0.2, -0.15) is 39.5 Å². The molecule has 3 N–H and O–H groups in total. The molecule has 0 rings (SSSR count). The number of alkyl halides is 9. The van der Waals surface area contributed by atoms with E-state index in [1.54, 1.807) is 6.92 Å². The minimum absolute atomic E-state index is 0.264. The fourth-order valence-electron chi connectivity index (χ4n) is 0.691. The second-order valence-corrected chi connectivity index (χ2v) is 5.57. The van der Waals surface area contributed by atoms with Crippen LogP contribution in [0.2, 0.25) is 0 Å². The fourth-order valence-corrected chi connectivity index (χ4v) is 1.18. The third-order valence-corrected chi connectivity index (χ3v) is 3.17. The molecule has 0 aromatic heterocycles. The van der Waals surface area contributed by atoms with Crippen LogP contribution in [0.5, 0.6) is 0 Å². The first-order valence-electron chi connectivity index (χ1n) is 5.32. The van der Waals surface area contributed by atoms with Gasteiger partial charge in [0.05, 0.1) is 0 Å². The van der Waals surface area contributed by atoms with E-state index in [4.69, 9.17) is 5.11 Å². The van der Waals surface area contributed by atoms with Crippen LogP contribution in [0.4, 0.5) is 39.5 Å². The Morgan fingerprint density at radius 1 is 1.00 bits per heavy atom. The number of aliphatic carboxylic acids is 1. The van der Waals surface area contributed by atoms with Crippen LogP contribution < -0.4 is 5.14 Å². The first-order valence-corrected chi connectivity index (χ1v) is 6.86. The van der Waals surface area contributed by atoms with Crippen molar-refractivity contribution in [2.24, 2.45) is 5.14 Å². The van der Waals surface area contributed by atoms with E-state index < -0.39 is 39.3 Å². The van der Waals surface area contributed by atoms with Crippen molar-refractivity contribution in [2.75, 3.05) is 0 Å². The van der Waals surface area contributed by atoms with Gasteiger partial charge < -0.3 is 5.11 Å². The van der Waals surface area contributed by atoms with E-state index in [1.165, 1.54) is 0 Å². The molecule has 0 aromatic carbocycles. The Morgan fingerprint density at radius 2 is 1.33 bits per heavy atom. The SMILES string of the molecule is C=C(CC)C(=O)O.NS(=O)(=O)C(F)(F)C(F)(F)C(F)(F)C(F)(F)F. The molecule has 0 aliphatic carbocycles. The van der Waals surface area contributed by atoms with Crippen LogP contribution >= 0.6 is 0 Å². The molecule has 5 nitrogen and oxygen atoms in total. The van der Waals surface area contributed by atoms with E-state index in [-0.39, 0.29) is 5.57 Å². The zero-order chi connectivity index (χ0) is 20.4. The quantitative estimate of drug-likeness (QED) is 0.549. The average molecular weight is 399 g/mol. The molecule has 0 heterocycles. The number of carboxylic acid groups (broad SMARTS) is 1. The number of carboxylic acids is 1. The predicted octanol–water partition coefficient (Wildman–Crippen LogP) is 2.74. The molecule has 0 aromatic rings. The van der Waals surface area contributed by atoms with Gasteiger partial charge in [0.2, 0.25) is 0 Å². The monoisotopic (exact) mass is 399 g/mol. The van der Waals surface area contributed by atoms with Crippen molar-refractivity contribution in [3.8, 4) is 0 Å². The molecule has 0 atom stereocenters. The maximum absolute atomic E-state index is 12.3. The molecule has 0 unspecified atom stereocenters. The Kier molecular flexibility index (Phi) is 7.38. The van der Waals surface area contributed by atoms with Crippen LogP contribution in [-0.2, 0) is 14.8 Å². The van der Waals surface area contributed by atoms with Crippen molar-refractivity contribution in [2.45, 2.75) is 36.6 Å². The van der Waals surface area contributed by atoms with Gasteiger partial charge in [-0.25, -0.2) is 18.4 Å². The van der Waals surface area contributed by atoms with E-state index >= 15 is 0 Å². The summed E-state index contributed by atoms with van der Waals surface area (Å²) < 4.78 is 127. The summed E-state index contributed by atoms with van der Waals surface area (Å²) in [6.07, 6.45) is -6.56. The summed E-state index contributed by atoms with van der Waals surface area (Å²) in [5.41, 5.74) is 0.264. The van der Waals surface area contributed by atoms with Gasteiger partial charge in [0.15, 0.2) is 0 Å². The standard InChI is InChI=1S/C5H8O2.C4H2F9NO2S/c1-3-4(2)5(6)7;5-1(6,3(9,10)11)2(7,8)4(12,13)17(14,15)16/h2-3H2,1H3,(H,6,7);(H2,14,15,16). The van der Waals surface area contributed by atoms with Gasteiger partial charge in [-0.3, -0.25) is 0 Å². The van der Waals surface area contributed by atoms with E-state index in [2.05, 4.69) is 11.7 Å². The van der Waals surface area contributed by atoms with Crippen LogP contribution in [0.1, 0.15) is 13.3 Å². The Hall–Kier alpha value is -1.51. The van der Waals surface area contributed by atoms with Gasteiger partial charge in [0.1, 0.15) is 0 Å². The summed E-state index contributed by atoms with van der Waals surface area (Å²) in [4.78, 5) is 9.83. The Labute approximate surface area is 129 Å². The lowest BCUT2D eigenvalue weighted by Crippen LogP contribution is -2.64. The van der Waals surface area contributed by atoms with E-state index in [0.717, 1.165) is 0 Å². The van der Waals surface area contributed by atoms with Gasteiger partial charge in [-0.15, -0.1) is 0 Å². The van der Waals surface area contributed by atoms with Gasteiger partial charge in [0, 0.05) is 5.57 Å². The lowest BCUT2D eigenvalue weighted by atomic mass is 10.1. The molecule has 144 valence electrons. The highest BCUT2D eigenvalue weighted by Crippen LogP contribution is 2.54. The van der Waals surface area contributed by atoms with Crippen molar-refractivity contribution in [3.05, 3.63) is 12.2 Å². The molecule has 0 saturated carbocycles. The summed E-state index contributed by atoms with van der Waals surface area (Å²) in [5, 5.41) is 4.78. The molecule has 0 radical (unpaired) electrons. The van der Waals surface area contributed by atoms with Gasteiger partial charge in [-0.1, -0.05) is 13.5 Å². The first kappa shape index (κ1) is 24.7. The average Bonchev–Trinajstić information content (AvgIpc) is 2.35. The number of primary sulfonamides is 1. The van der Waals surface area contributed by atoms with E-state index in [1.807, 2.05) is 0 Å². The largest absolute Gasteiger partial charge is 0.478 e. The van der Waals surface area contributed by atoms with E-state index in [0.29, 0.717) is 6.42 Å². The number of nitrogens with two attached hydrogens (primary N) is 1. The highest BCUT2D eigenvalue weighted by atomic mass is 32.2. The lowest BCUT2D eigenvalue weighted by molar-refractivity contribution is -0.382. The summed E-state index contributed by atoms with van der Waals surface area (Å²) >= 11 is 0. The van der Waals surface area contributed by atoms with Crippen molar-refractivity contribution in [1.82, 2.24) is 0 Å². The minimum Gasteiger partial charge on any atom is -0.478 e. The van der Waals surface area contributed by atoms with Crippen LogP contribution in [0.15, 0.2) is 12.2 Å². The van der Waals surface area contributed by atoms with Crippen LogP contribution in [-0.4, -0.2) is 42.8 Å². The highest BCUT2D eigenvalue weighted by molar-refractivity contribution is 7.90. The summed E-state index contributed by atoms with van der Waals surface area (Å²) in [6, 6.07) is 0. The zero-order valence-corrected chi connectivity index (χ0v) is 12.3. The van der Waals surface area contributed by atoms with Crippen molar-refractivity contribution < 1.29 is 57.8 Å². The third kappa shape index (κ3) is 4.75. The molecular weight excluding hydrogens is 389 g/mol. The van der Waals surface area contributed by atoms with Crippen molar-refractivity contribution in [3.63, 3.8) is 0 Å². The Balaban J connectivity index is 0. The molecule has 15 heteroatoms. The van der Waals surface area contributed by atoms with Crippen LogP contribution in [0.3, 0.4) is 0 Å². The molecule has 24 heavy (non-hydrogen) atoms. The second kappa shape index (κ2) is 7.16. The molecule has 0 aliphatic rings. The highest BCUT2D eigenvalue weighted by Gasteiger charge is 2.85. The molecule has 0 aliphatic heterocycles. The fraction of sp³-hybridized carbons (Fsp3) is 0.667. The first-order chi connectivity index (χ1) is 10.2. The summed E-state index contributed by atoms with van der Waals surface area (Å²) in [5.74, 6) is -15.4. The number of carbonyl (C=O) groups is 1. The third-order valence-electron chi connectivity index (χ3n) is 2.20. The van der Waals surface area contributed by atoms with Gasteiger partial charge in [-0.05, 0) is 6.42 Å². The second-order valence-electron chi connectivity index (χ2n) is 3.97. The van der Waals surface area contributed by atoms with Crippen LogP contribution in [0.25, 0.3) is 0 Å². The molecule has 0 spiro atoms. The summed E-state index contributed by atoms with van der Waals surface area (Å²) in [7, 11) is -6.67. The molecule has 0 amide bonds. The maximum atomic E-state index is 12.3. The predicted molar refractivity (Wildman–Crippen MR) is 61.1 cm³/mol. The van der Waals surface area contributed by atoms with Crippen molar-refractivity contribution >= 4 is 16.0 Å². The normalized spacial score (nSPS) is 13.8. The maximum Gasteiger partial charge on any atom is 0.460 e. The molecule has 0 fully saturated rings. The van der Waals surface area contributed by atoms with Crippen LogP contribution in [0, 0.1) is 0 Å². The number of rotatable bonds is 5. The molecular formula is C9H10F9NO4S. The molecule has 0 bridgehead atoms. The smallest absolute Gasteiger partial charge is 0.460 e. The van der Waals surface area contributed by atoms with E-state index in [9.17, 15) is 52.7 Å². The number of halogens is 9. The van der Waals surface area contributed by atoms with Gasteiger partial charge in [0.25, 0.3) is 10.0 Å². The van der Waals surface area contributed by atoms with Gasteiger partial charge >= 0.3 is 29.2 Å². The van der Waals surface area contributed by atoms with Crippen molar-refractivity contribution in [1.29, 1.82) is 0 Å². The molecule has 0 saturated heterocycles.